The molecule has 1 atom stereocenters. The van der Waals surface area contributed by atoms with Gasteiger partial charge in [0.25, 0.3) is 5.91 Å². The number of urea groups is 1. The van der Waals surface area contributed by atoms with Crippen molar-refractivity contribution in [3.63, 3.8) is 0 Å². The minimum Gasteiger partial charge on any atom is -0.451 e. The average Bonchev–Trinajstić information content (AvgIpc) is 3.00. The molecule has 1 aromatic rings. The molecule has 0 unspecified atom stereocenters. The van der Waals surface area contributed by atoms with Gasteiger partial charge in [0.15, 0.2) is 6.61 Å². The first-order valence-corrected chi connectivity index (χ1v) is 9.57. The average molecular weight is 366 g/mol. The largest absolute Gasteiger partial charge is 0.451 e. The van der Waals surface area contributed by atoms with Crippen molar-refractivity contribution < 1.29 is 19.1 Å². The van der Waals surface area contributed by atoms with E-state index in [4.69, 9.17) is 4.74 Å². The van der Waals surface area contributed by atoms with Gasteiger partial charge in [-0.3, -0.25) is 10.1 Å². The highest BCUT2D eigenvalue weighted by Gasteiger charge is 2.23. The summed E-state index contributed by atoms with van der Waals surface area (Å²) < 4.78 is 5.03. The Bertz CT molecular complexity index is 639. The summed E-state index contributed by atoms with van der Waals surface area (Å²) in [7, 11) is 0. The Morgan fingerprint density at radius 2 is 2.12 bits per heavy atom. The fourth-order valence-corrected chi connectivity index (χ4v) is 3.86. The van der Waals surface area contributed by atoms with Crippen LogP contribution in [-0.4, -0.2) is 31.1 Å². The SMILES string of the molecule is CC[C@H]1CCc2sc(C(=O)OCC(=O)NC(=O)NCC(C)C)cc2C1. The van der Waals surface area contributed by atoms with Gasteiger partial charge in [0, 0.05) is 11.4 Å². The number of hydrogen-bond acceptors (Lipinski definition) is 5. The highest BCUT2D eigenvalue weighted by Crippen LogP contribution is 2.33. The second-order valence-corrected chi connectivity index (χ2v) is 7.94. The lowest BCUT2D eigenvalue weighted by atomic mass is 9.87. The molecule has 2 rings (SSSR count). The molecular formula is C18H26N2O4S. The molecule has 1 heterocycles. The Kier molecular flexibility index (Phi) is 6.99. The first-order chi connectivity index (χ1) is 11.9. The molecule has 25 heavy (non-hydrogen) atoms. The third-order valence-electron chi connectivity index (χ3n) is 4.22. The summed E-state index contributed by atoms with van der Waals surface area (Å²) in [5, 5.41) is 4.71. The predicted octanol–water partition coefficient (Wildman–Crippen LogP) is 2.90. The summed E-state index contributed by atoms with van der Waals surface area (Å²) in [5.41, 5.74) is 1.23. The highest BCUT2D eigenvalue weighted by atomic mass is 32.1. The molecule has 1 aromatic heterocycles. The number of esters is 1. The number of rotatable bonds is 6. The molecule has 138 valence electrons. The summed E-state index contributed by atoms with van der Waals surface area (Å²) in [5.74, 6) is -0.177. The van der Waals surface area contributed by atoms with Crippen LogP contribution in [0.1, 0.15) is 53.7 Å². The summed E-state index contributed by atoms with van der Waals surface area (Å²) in [6.07, 6.45) is 4.31. The molecule has 0 saturated carbocycles. The topological polar surface area (TPSA) is 84.5 Å². The normalized spacial score (nSPS) is 16.2. The van der Waals surface area contributed by atoms with E-state index in [9.17, 15) is 14.4 Å². The maximum absolute atomic E-state index is 12.1. The first-order valence-electron chi connectivity index (χ1n) is 8.75. The van der Waals surface area contributed by atoms with Crippen LogP contribution in [0.3, 0.4) is 0 Å². The van der Waals surface area contributed by atoms with Crippen molar-refractivity contribution in [2.45, 2.75) is 46.5 Å². The van der Waals surface area contributed by atoms with Crippen molar-refractivity contribution in [1.29, 1.82) is 0 Å². The van der Waals surface area contributed by atoms with Crippen molar-refractivity contribution in [3.05, 3.63) is 21.4 Å². The summed E-state index contributed by atoms with van der Waals surface area (Å²) in [4.78, 5) is 37.0. The number of nitrogens with one attached hydrogen (secondary N) is 2. The van der Waals surface area contributed by atoms with Crippen LogP contribution in [0.2, 0.25) is 0 Å². The number of carbonyl (C=O) groups is 3. The van der Waals surface area contributed by atoms with E-state index >= 15 is 0 Å². The zero-order valence-electron chi connectivity index (χ0n) is 15.0. The van der Waals surface area contributed by atoms with Crippen molar-refractivity contribution in [2.24, 2.45) is 11.8 Å². The van der Waals surface area contributed by atoms with Crippen molar-refractivity contribution in [3.8, 4) is 0 Å². The molecule has 6 nitrogen and oxygen atoms in total. The lowest BCUT2D eigenvalue weighted by Crippen LogP contribution is -2.42. The number of hydrogen-bond donors (Lipinski definition) is 2. The van der Waals surface area contributed by atoms with Crippen LogP contribution in [0.5, 0.6) is 0 Å². The van der Waals surface area contributed by atoms with Gasteiger partial charge in [-0.1, -0.05) is 27.2 Å². The minimum atomic E-state index is -0.637. The van der Waals surface area contributed by atoms with E-state index in [1.54, 1.807) is 0 Å². The van der Waals surface area contributed by atoms with E-state index in [-0.39, 0.29) is 5.92 Å². The molecule has 1 aliphatic carbocycles. The van der Waals surface area contributed by atoms with Crippen LogP contribution in [0.25, 0.3) is 0 Å². The van der Waals surface area contributed by atoms with Crippen LogP contribution in [0.15, 0.2) is 6.07 Å². The molecule has 0 spiro atoms. The lowest BCUT2D eigenvalue weighted by Gasteiger charge is -2.19. The molecule has 0 bridgehead atoms. The smallest absolute Gasteiger partial charge is 0.348 e. The number of ether oxygens (including phenoxy) is 1. The monoisotopic (exact) mass is 366 g/mol. The van der Waals surface area contributed by atoms with E-state index < -0.39 is 24.5 Å². The maximum atomic E-state index is 12.1. The molecule has 7 heteroatoms. The van der Waals surface area contributed by atoms with Gasteiger partial charge in [0.05, 0.1) is 0 Å². The molecule has 0 radical (unpaired) electrons. The van der Waals surface area contributed by atoms with Crippen LogP contribution in [-0.2, 0) is 22.4 Å². The van der Waals surface area contributed by atoms with Crippen LogP contribution >= 0.6 is 11.3 Å². The fourth-order valence-electron chi connectivity index (χ4n) is 2.75. The third-order valence-corrected chi connectivity index (χ3v) is 5.44. The Morgan fingerprint density at radius 1 is 1.36 bits per heavy atom. The number of carbonyl (C=O) groups excluding carboxylic acids is 3. The standard InChI is InChI=1S/C18H26N2O4S/c1-4-12-5-6-14-13(7-12)8-15(25-14)17(22)24-10-16(21)20-18(23)19-9-11(2)3/h8,11-12H,4-7,9-10H2,1-3H3,(H2,19,20,21,23)/t12-/m0/s1. The quantitative estimate of drug-likeness (QED) is 0.758. The predicted molar refractivity (Wildman–Crippen MR) is 96.8 cm³/mol. The van der Waals surface area contributed by atoms with Gasteiger partial charge in [-0.25, -0.2) is 9.59 Å². The third kappa shape index (κ3) is 5.85. The molecule has 0 aliphatic heterocycles. The number of thiophene rings is 1. The number of fused-ring (bicyclic) bond motifs is 1. The van der Waals surface area contributed by atoms with Crippen molar-refractivity contribution >= 4 is 29.2 Å². The molecule has 0 fully saturated rings. The summed E-state index contributed by atoms with van der Waals surface area (Å²) >= 11 is 1.45. The van der Waals surface area contributed by atoms with Crippen LogP contribution in [0, 0.1) is 11.8 Å². The molecular weight excluding hydrogens is 340 g/mol. The highest BCUT2D eigenvalue weighted by molar-refractivity contribution is 7.14. The Hall–Kier alpha value is -1.89. The molecule has 0 aromatic carbocycles. The molecule has 1 aliphatic rings. The minimum absolute atomic E-state index is 0.288. The van der Waals surface area contributed by atoms with E-state index in [1.807, 2.05) is 19.9 Å². The number of aryl methyl sites for hydroxylation is 1. The van der Waals surface area contributed by atoms with E-state index in [2.05, 4.69) is 17.6 Å². The van der Waals surface area contributed by atoms with Crippen LogP contribution in [0.4, 0.5) is 4.79 Å². The first kappa shape index (κ1) is 19.4. The van der Waals surface area contributed by atoms with Crippen molar-refractivity contribution in [1.82, 2.24) is 10.6 Å². The van der Waals surface area contributed by atoms with Gasteiger partial charge in [-0.15, -0.1) is 11.3 Å². The second kappa shape index (κ2) is 8.99. The maximum Gasteiger partial charge on any atom is 0.348 e. The molecule has 3 amide bonds. The van der Waals surface area contributed by atoms with Gasteiger partial charge >= 0.3 is 12.0 Å². The van der Waals surface area contributed by atoms with E-state index in [0.29, 0.717) is 17.3 Å². The van der Waals surface area contributed by atoms with Gasteiger partial charge < -0.3 is 10.1 Å². The zero-order chi connectivity index (χ0) is 18.4. The fraction of sp³-hybridized carbons (Fsp3) is 0.611. The van der Waals surface area contributed by atoms with Gasteiger partial charge in [0.1, 0.15) is 4.88 Å². The lowest BCUT2D eigenvalue weighted by molar-refractivity contribution is -0.123. The summed E-state index contributed by atoms with van der Waals surface area (Å²) in [6, 6.07) is 1.31. The second-order valence-electron chi connectivity index (χ2n) is 6.80. The van der Waals surface area contributed by atoms with E-state index in [1.165, 1.54) is 21.8 Å². The Balaban J connectivity index is 1.80. The van der Waals surface area contributed by atoms with Gasteiger partial charge in [-0.05, 0) is 42.7 Å². The zero-order valence-corrected chi connectivity index (χ0v) is 15.8. The summed E-state index contributed by atoms with van der Waals surface area (Å²) in [6.45, 7) is 6.10. The molecule has 2 N–H and O–H groups in total. The Morgan fingerprint density at radius 3 is 2.80 bits per heavy atom. The number of imide groups is 1. The Labute approximate surface area is 152 Å². The number of amides is 3. The van der Waals surface area contributed by atoms with Gasteiger partial charge in [-0.2, -0.15) is 0 Å². The van der Waals surface area contributed by atoms with Gasteiger partial charge in [0.2, 0.25) is 0 Å². The van der Waals surface area contributed by atoms with Crippen LogP contribution < -0.4 is 10.6 Å². The molecule has 0 saturated heterocycles. The van der Waals surface area contributed by atoms with E-state index in [0.717, 1.165) is 25.7 Å². The van der Waals surface area contributed by atoms with Crippen molar-refractivity contribution in [2.75, 3.05) is 13.2 Å².